The van der Waals surface area contributed by atoms with Crippen LogP contribution in [0, 0.1) is 0 Å². The van der Waals surface area contributed by atoms with Crippen LogP contribution in [-0.4, -0.2) is 25.3 Å². The zero-order valence-electron chi connectivity index (χ0n) is 4.91. The number of alkyl halides is 1. The summed E-state index contributed by atoms with van der Waals surface area (Å²) in [5.41, 5.74) is 0. The van der Waals surface area contributed by atoms with Crippen molar-refractivity contribution in [3.8, 4) is 0 Å². The Morgan fingerprint density at radius 1 is 1.78 bits per heavy atom. The molecule has 0 amide bonds. The van der Waals surface area contributed by atoms with Crippen LogP contribution in [0.4, 0.5) is 4.39 Å². The molecule has 0 aromatic rings. The summed E-state index contributed by atoms with van der Waals surface area (Å²) in [7, 11) is -2.92. The molecule has 0 aliphatic carbocycles. The van der Waals surface area contributed by atoms with Gasteiger partial charge in [-0.15, -0.1) is 0 Å². The number of halogens is 1. The van der Waals surface area contributed by atoms with Crippen molar-refractivity contribution in [2.75, 3.05) is 20.4 Å². The lowest BCUT2D eigenvalue weighted by molar-refractivity contribution is 0.162. The van der Waals surface area contributed by atoms with Gasteiger partial charge in [0.2, 0.25) is 0 Å². The summed E-state index contributed by atoms with van der Waals surface area (Å²) in [4.78, 5) is 8.40. The average Bonchev–Trinajstić information content (AvgIpc) is 1.84. The molecule has 0 aromatic carbocycles. The number of hydrogen-bond donors (Lipinski definition) is 1. The van der Waals surface area contributed by atoms with E-state index in [9.17, 15) is 8.96 Å². The molecule has 0 aromatic heterocycles. The van der Waals surface area contributed by atoms with Gasteiger partial charge in [-0.3, -0.25) is 9.05 Å². The van der Waals surface area contributed by atoms with E-state index >= 15 is 0 Å². The van der Waals surface area contributed by atoms with Gasteiger partial charge in [0.25, 0.3) is 0 Å². The van der Waals surface area contributed by atoms with Crippen LogP contribution in [0.3, 0.4) is 0 Å². The van der Waals surface area contributed by atoms with Gasteiger partial charge in [-0.2, -0.15) is 0 Å². The van der Waals surface area contributed by atoms with E-state index in [1.807, 2.05) is 0 Å². The van der Waals surface area contributed by atoms with Crippen LogP contribution in [-0.2, 0) is 13.6 Å². The standard InChI is InChI=1S/C3H8FO4P/c1-7-9(5,6)8-3-2-4/h2-3H2,1H3,(H,5,6). The van der Waals surface area contributed by atoms with Crippen molar-refractivity contribution in [2.24, 2.45) is 0 Å². The molecule has 0 rings (SSSR count). The SMILES string of the molecule is COP(=O)(O)OCCF. The summed E-state index contributed by atoms with van der Waals surface area (Å²) in [6.45, 7) is -1.21. The van der Waals surface area contributed by atoms with E-state index in [0.717, 1.165) is 7.11 Å². The second kappa shape index (κ2) is 3.95. The molecule has 1 atom stereocenters. The van der Waals surface area contributed by atoms with Crippen molar-refractivity contribution in [1.29, 1.82) is 0 Å². The minimum absolute atomic E-state index is 0.415. The molecule has 0 spiro atoms. The summed E-state index contributed by atoms with van der Waals surface area (Å²) in [5, 5.41) is 0. The van der Waals surface area contributed by atoms with Crippen LogP contribution in [0.5, 0.6) is 0 Å². The van der Waals surface area contributed by atoms with E-state index < -0.39 is 21.1 Å². The fraction of sp³-hybridized carbons (Fsp3) is 1.00. The third-order valence-corrected chi connectivity index (χ3v) is 1.53. The first kappa shape index (κ1) is 9.04. The lowest BCUT2D eigenvalue weighted by Crippen LogP contribution is -1.94. The van der Waals surface area contributed by atoms with Gasteiger partial charge in [-0.1, -0.05) is 0 Å². The van der Waals surface area contributed by atoms with E-state index in [4.69, 9.17) is 4.89 Å². The van der Waals surface area contributed by atoms with Crippen LogP contribution in [0.2, 0.25) is 0 Å². The molecule has 1 N–H and O–H groups in total. The minimum atomic E-state index is -3.93. The average molecular weight is 158 g/mol. The van der Waals surface area contributed by atoms with Gasteiger partial charge in [-0.25, -0.2) is 8.96 Å². The van der Waals surface area contributed by atoms with Gasteiger partial charge >= 0.3 is 7.82 Å². The molecule has 0 heterocycles. The molecule has 6 heteroatoms. The molecule has 0 saturated heterocycles. The maximum Gasteiger partial charge on any atom is 0.471 e. The highest BCUT2D eigenvalue weighted by Crippen LogP contribution is 2.41. The van der Waals surface area contributed by atoms with Gasteiger partial charge in [0.15, 0.2) is 0 Å². The maximum atomic E-state index is 11.2. The highest BCUT2D eigenvalue weighted by Gasteiger charge is 2.16. The molecule has 0 aliphatic rings. The monoisotopic (exact) mass is 158 g/mol. The minimum Gasteiger partial charge on any atom is -0.303 e. The Morgan fingerprint density at radius 3 is 2.67 bits per heavy atom. The Hall–Kier alpha value is 0.0400. The first-order valence-electron chi connectivity index (χ1n) is 2.21. The lowest BCUT2D eigenvalue weighted by Gasteiger charge is -2.05. The predicted molar refractivity (Wildman–Crippen MR) is 28.8 cm³/mol. The molecule has 4 nitrogen and oxygen atoms in total. The third kappa shape index (κ3) is 4.54. The molecule has 1 unspecified atom stereocenters. The highest BCUT2D eigenvalue weighted by molar-refractivity contribution is 7.47. The van der Waals surface area contributed by atoms with Crippen molar-refractivity contribution < 1.29 is 22.9 Å². The van der Waals surface area contributed by atoms with E-state index in [1.165, 1.54) is 0 Å². The topological polar surface area (TPSA) is 55.8 Å². The van der Waals surface area contributed by atoms with Gasteiger partial charge in [0.05, 0.1) is 6.61 Å². The Morgan fingerprint density at radius 2 is 2.33 bits per heavy atom. The molecule has 0 radical (unpaired) electrons. The second-order valence-corrected chi connectivity index (χ2v) is 2.73. The first-order valence-corrected chi connectivity index (χ1v) is 3.71. The zero-order chi connectivity index (χ0) is 7.33. The zero-order valence-corrected chi connectivity index (χ0v) is 5.81. The van der Waals surface area contributed by atoms with Crippen LogP contribution in [0.15, 0.2) is 0 Å². The Balaban J connectivity index is 3.46. The van der Waals surface area contributed by atoms with E-state index in [2.05, 4.69) is 9.05 Å². The summed E-state index contributed by atoms with van der Waals surface area (Å²) < 4.78 is 29.5. The fourth-order valence-corrected chi connectivity index (χ4v) is 0.608. The first-order chi connectivity index (χ1) is 4.12. The Bertz CT molecular complexity index is 116. The van der Waals surface area contributed by atoms with Crippen molar-refractivity contribution in [1.82, 2.24) is 0 Å². The lowest BCUT2D eigenvalue weighted by atomic mass is 10.9. The van der Waals surface area contributed by atoms with Crippen LogP contribution in [0.1, 0.15) is 0 Å². The molecule has 0 aliphatic heterocycles. The molecule has 0 bridgehead atoms. The summed E-state index contributed by atoms with van der Waals surface area (Å²) in [6, 6.07) is 0. The van der Waals surface area contributed by atoms with Crippen molar-refractivity contribution in [3.63, 3.8) is 0 Å². The van der Waals surface area contributed by atoms with Crippen LogP contribution in [0.25, 0.3) is 0 Å². The van der Waals surface area contributed by atoms with Gasteiger partial charge < -0.3 is 4.89 Å². The molecule has 9 heavy (non-hydrogen) atoms. The molecule has 56 valence electrons. The van der Waals surface area contributed by atoms with Gasteiger partial charge in [-0.05, 0) is 0 Å². The number of hydrogen-bond acceptors (Lipinski definition) is 3. The number of rotatable bonds is 4. The van der Waals surface area contributed by atoms with Crippen molar-refractivity contribution in [3.05, 3.63) is 0 Å². The number of phosphoric acid groups is 1. The van der Waals surface area contributed by atoms with Crippen LogP contribution >= 0.6 is 7.82 Å². The highest BCUT2D eigenvalue weighted by atomic mass is 31.2. The maximum absolute atomic E-state index is 11.2. The summed E-state index contributed by atoms with van der Waals surface area (Å²) in [6.07, 6.45) is 0. The number of phosphoric ester groups is 1. The third-order valence-electron chi connectivity index (χ3n) is 0.562. The Labute approximate surface area is 52.2 Å². The van der Waals surface area contributed by atoms with E-state index in [0.29, 0.717) is 0 Å². The predicted octanol–water partition coefficient (Wildman–Crippen LogP) is 0.719. The smallest absolute Gasteiger partial charge is 0.303 e. The van der Waals surface area contributed by atoms with Crippen LogP contribution < -0.4 is 0 Å². The van der Waals surface area contributed by atoms with Gasteiger partial charge in [0, 0.05) is 7.11 Å². The molecule has 0 fully saturated rings. The molecular weight excluding hydrogens is 150 g/mol. The van der Waals surface area contributed by atoms with Crippen molar-refractivity contribution in [2.45, 2.75) is 0 Å². The summed E-state index contributed by atoms with van der Waals surface area (Å²) >= 11 is 0. The fourth-order valence-electron chi connectivity index (χ4n) is 0.203. The molecule has 0 saturated carbocycles. The summed E-state index contributed by atoms with van der Waals surface area (Å²) in [5.74, 6) is 0. The Kier molecular flexibility index (Phi) is 3.97. The van der Waals surface area contributed by atoms with Gasteiger partial charge in [0.1, 0.15) is 6.67 Å². The quantitative estimate of drug-likeness (QED) is 0.612. The second-order valence-electron chi connectivity index (χ2n) is 1.17. The van der Waals surface area contributed by atoms with E-state index in [1.54, 1.807) is 0 Å². The normalized spacial score (nSPS) is 17.2. The molecular formula is C3H8FO4P. The van der Waals surface area contributed by atoms with Crippen molar-refractivity contribution >= 4 is 7.82 Å². The van der Waals surface area contributed by atoms with E-state index in [-0.39, 0.29) is 0 Å². The largest absolute Gasteiger partial charge is 0.471 e.